The molecular formula is C21H25F2N3O4S. The number of hydrogen-bond donors (Lipinski definition) is 2. The molecule has 2 aromatic rings. The van der Waals surface area contributed by atoms with Crippen LogP contribution in [0.2, 0.25) is 0 Å². The van der Waals surface area contributed by atoms with Crippen LogP contribution < -0.4 is 14.9 Å². The molecule has 0 unspecified atom stereocenters. The van der Waals surface area contributed by atoms with Crippen molar-refractivity contribution in [3.05, 3.63) is 54.1 Å². The van der Waals surface area contributed by atoms with Crippen molar-refractivity contribution < 1.29 is 26.7 Å². The van der Waals surface area contributed by atoms with Crippen molar-refractivity contribution in [2.75, 3.05) is 36.5 Å². The topological polar surface area (TPSA) is 87.7 Å². The number of morpholine rings is 1. The number of anilines is 2. The van der Waals surface area contributed by atoms with Gasteiger partial charge in [0.25, 0.3) is 0 Å². The number of halogens is 2. The van der Waals surface area contributed by atoms with E-state index in [1.165, 1.54) is 18.2 Å². The smallest absolute Gasteiger partial charge is 0.244 e. The lowest BCUT2D eigenvalue weighted by Gasteiger charge is -2.29. The van der Waals surface area contributed by atoms with E-state index < -0.39 is 44.4 Å². The summed E-state index contributed by atoms with van der Waals surface area (Å²) in [6, 6.07) is 8.01. The van der Waals surface area contributed by atoms with Gasteiger partial charge in [0, 0.05) is 18.8 Å². The van der Waals surface area contributed by atoms with Crippen molar-refractivity contribution in [1.82, 2.24) is 4.72 Å². The first-order chi connectivity index (χ1) is 14.7. The van der Waals surface area contributed by atoms with Gasteiger partial charge < -0.3 is 15.0 Å². The highest BCUT2D eigenvalue weighted by Crippen LogP contribution is 2.24. The summed E-state index contributed by atoms with van der Waals surface area (Å²) < 4.78 is 61.2. The Morgan fingerprint density at radius 1 is 1.06 bits per heavy atom. The van der Waals surface area contributed by atoms with Gasteiger partial charge >= 0.3 is 0 Å². The predicted octanol–water partition coefficient (Wildman–Crippen LogP) is 2.74. The van der Waals surface area contributed by atoms with Gasteiger partial charge in [0.2, 0.25) is 15.9 Å². The number of sulfonamides is 1. The zero-order valence-electron chi connectivity index (χ0n) is 17.3. The molecule has 2 N–H and O–H groups in total. The SMILES string of the molecule is CC(C)[C@H](NS(=O)(=O)c1ccccc1F)C(=O)Nc1ccc(N2CCOCC2)c(F)c1. The first-order valence-electron chi connectivity index (χ1n) is 9.89. The van der Waals surface area contributed by atoms with Crippen LogP contribution in [0.25, 0.3) is 0 Å². The summed E-state index contributed by atoms with van der Waals surface area (Å²) in [5, 5.41) is 2.54. The number of amides is 1. The number of carbonyl (C=O) groups is 1. The number of carbonyl (C=O) groups excluding carboxylic acids is 1. The van der Waals surface area contributed by atoms with Gasteiger partial charge in [0.15, 0.2) is 0 Å². The van der Waals surface area contributed by atoms with Crippen LogP contribution in [0.5, 0.6) is 0 Å². The van der Waals surface area contributed by atoms with E-state index in [1.54, 1.807) is 26.0 Å². The number of nitrogens with one attached hydrogen (secondary N) is 2. The molecule has 168 valence electrons. The molecule has 1 saturated heterocycles. The van der Waals surface area contributed by atoms with E-state index in [0.717, 1.165) is 12.1 Å². The molecule has 2 aromatic carbocycles. The average molecular weight is 454 g/mol. The molecule has 31 heavy (non-hydrogen) atoms. The summed E-state index contributed by atoms with van der Waals surface area (Å²) in [7, 11) is -4.28. The van der Waals surface area contributed by atoms with Gasteiger partial charge in [-0.2, -0.15) is 4.72 Å². The monoisotopic (exact) mass is 453 g/mol. The van der Waals surface area contributed by atoms with Gasteiger partial charge in [0.05, 0.1) is 18.9 Å². The third-order valence-electron chi connectivity index (χ3n) is 4.92. The Bertz CT molecular complexity index is 1040. The van der Waals surface area contributed by atoms with Crippen molar-refractivity contribution in [3.63, 3.8) is 0 Å². The zero-order chi connectivity index (χ0) is 22.6. The van der Waals surface area contributed by atoms with Crippen LogP contribution in [0.4, 0.5) is 20.2 Å². The molecule has 1 amide bonds. The van der Waals surface area contributed by atoms with Gasteiger partial charge in [-0.3, -0.25) is 4.79 Å². The van der Waals surface area contributed by atoms with Gasteiger partial charge in [-0.15, -0.1) is 0 Å². The van der Waals surface area contributed by atoms with E-state index >= 15 is 0 Å². The highest BCUT2D eigenvalue weighted by atomic mass is 32.2. The highest BCUT2D eigenvalue weighted by Gasteiger charge is 2.30. The van der Waals surface area contributed by atoms with Crippen molar-refractivity contribution in [2.24, 2.45) is 5.92 Å². The number of benzene rings is 2. The second-order valence-corrected chi connectivity index (χ2v) is 9.21. The van der Waals surface area contributed by atoms with Crippen LogP contribution in [0, 0.1) is 17.6 Å². The molecule has 0 aromatic heterocycles. The normalized spacial score (nSPS) is 15.7. The van der Waals surface area contributed by atoms with E-state index in [-0.39, 0.29) is 5.69 Å². The van der Waals surface area contributed by atoms with E-state index in [0.29, 0.717) is 32.0 Å². The molecule has 0 saturated carbocycles. The molecular weight excluding hydrogens is 428 g/mol. The van der Waals surface area contributed by atoms with Gasteiger partial charge in [0.1, 0.15) is 22.6 Å². The third kappa shape index (κ3) is 5.57. The van der Waals surface area contributed by atoms with Crippen molar-refractivity contribution in [3.8, 4) is 0 Å². The zero-order valence-corrected chi connectivity index (χ0v) is 18.1. The fourth-order valence-electron chi connectivity index (χ4n) is 3.25. The summed E-state index contributed by atoms with van der Waals surface area (Å²) >= 11 is 0. The first kappa shape index (κ1) is 23.1. The summed E-state index contributed by atoms with van der Waals surface area (Å²) in [6.07, 6.45) is 0. The Labute approximate surface area is 180 Å². The number of rotatable bonds is 7. The quantitative estimate of drug-likeness (QED) is 0.673. The first-order valence-corrected chi connectivity index (χ1v) is 11.4. The largest absolute Gasteiger partial charge is 0.378 e. The van der Waals surface area contributed by atoms with Crippen LogP contribution in [0.15, 0.2) is 47.4 Å². The number of nitrogens with zero attached hydrogens (tertiary/aromatic N) is 1. The molecule has 3 rings (SSSR count). The molecule has 1 aliphatic rings. The minimum Gasteiger partial charge on any atom is -0.378 e. The Balaban J connectivity index is 1.75. The highest BCUT2D eigenvalue weighted by molar-refractivity contribution is 7.89. The Kier molecular flexibility index (Phi) is 7.24. The Morgan fingerprint density at radius 2 is 1.74 bits per heavy atom. The maximum absolute atomic E-state index is 14.6. The van der Waals surface area contributed by atoms with Gasteiger partial charge in [-0.1, -0.05) is 26.0 Å². The van der Waals surface area contributed by atoms with E-state index in [2.05, 4.69) is 10.0 Å². The molecule has 0 bridgehead atoms. The summed E-state index contributed by atoms with van der Waals surface area (Å²) in [5.74, 6) is -2.54. The molecule has 1 atom stereocenters. The Hall–Kier alpha value is -2.56. The van der Waals surface area contributed by atoms with E-state index in [1.807, 2.05) is 4.90 Å². The fraction of sp³-hybridized carbons (Fsp3) is 0.381. The van der Waals surface area contributed by atoms with Crippen LogP contribution in [0.1, 0.15) is 13.8 Å². The van der Waals surface area contributed by atoms with E-state index in [9.17, 15) is 22.0 Å². The molecule has 0 spiro atoms. The number of hydrogen-bond acceptors (Lipinski definition) is 5. The van der Waals surface area contributed by atoms with Crippen molar-refractivity contribution in [2.45, 2.75) is 24.8 Å². The van der Waals surface area contributed by atoms with Crippen LogP contribution in [-0.4, -0.2) is 46.7 Å². The Morgan fingerprint density at radius 3 is 2.35 bits per heavy atom. The molecule has 7 nitrogen and oxygen atoms in total. The molecule has 1 aliphatic heterocycles. The van der Waals surface area contributed by atoms with Crippen molar-refractivity contribution >= 4 is 27.3 Å². The second kappa shape index (κ2) is 9.71. The molecule has 0 aliphatic carbocycles. The lowest BCUT2D eigenvalue weighted by Crippen LogP contribution is -2.47. The second-order valence-electron chi connectivity index (χ2n) is 7.53. The predicted molar refractivity (Wildman–Crippen MR) is 113 cm³/mol. The minimum absolute atomic E-state index is 0.190. The van der Waals surface area contributed by atoms with Crippen LogP contribution in [0.3, 0.4) is 0 Å². The van der Waals surface area contributed by atoms with Crippen molar-refractivity contribution in [1.29, 1.82) is 0 Å². The molecule has 1 fully saturated rings. The standard InChI is InChI=1S/C21H25F2N3O4S/c1-14(2)20(25-31(28,29)19-6-4-3-5-16(19)22)21(27)24-15-7-8-18(17(23)13-15)26-9-11-30-12-10-26/h3-8,13-14,20,25H,9-12H2,1-2H3,(H,24,27)/t20-/m0/s1. The average Bonchev–Trinajstić information content (AvgIpc) is 2.72. The fourth-order valence-corrected chi connectivity index (χ4v) is 4.67. The van der Waals surface area contributed by atoms with Crippen LogP contribution in [-0.2, 0) is 19.6 Å². The van der Waals surface area contributed by atoms with E-state index in [4.69, 9.17) is 4.74 Å². The summed E-state index contributed by atoms with van der Waals surface area (Å²) in [4.78, 5) is 14.1. The molecule has 1 heterocycles. The number of ether oxygens (including phenoxy) is 1. The lowest BCUT2D eigenvalue weighted by molar-refractivity contribution is -0.118. The van der Waals surface area contributed by atoms with Gasteiger partial charge in [-0.25, -0.2) is 17.2 Å². The molecule has 10 heteroatoms. The maximum Gasteiger partial charge on any atom is 0.244 e. The van der Waals surface area contributed by atoms with Crippen LogP contribution >= 0.6 is 0 Å². The maximum atomic E-state index is 14.6. The summed E-state index contributed by atoms with van der Waals surface area (Å²) in [5.41, 5.74) is 0.595. The summed E-state index contributed by atoms with van der Waals surface area (Å²) in [6.45, 7) is 5.45. The minimum atomic E-state index is -4.28. The third-order valence-corrected chi connectivity index (χ3v) is 6.40. The van der Waals surface area contributed by atoms with Gasteiger partial charge in [-0.05, 0) is 36.2 Å². The molecule has 0 radical (unpaired) electrons. The lowest BCUT2D eigenvalue weighted by atomic mass is 10.0.